The van der Waals surface area contributed by atoms with Crippen molar-refractivity contribution in [2.75, 3.05) is 11.3 Å². The second kappa shape index (κ2) is 8.11. The van der Waals surface area contributed by atoms with Crippen LogP contribution in [0.2, 0.25) is 0 Å². The highest BCUT2D eigenvalue weighted by Crippen LogP contribution is 2.18. The molecule has 2 aromatic carbocycles. The van der Waals surface area contributed by atoms with Crippen molar-refractivity contribution >= 4 is 31.8 Å². The fraction of sp³-hybridized carbons (Fsp3) is 0.125. The summed E-state index contributed by atoms with van der Waals surface area (Å²) in [7, 11) is -8.22. The largest absolute Gasteiger partial charge is 0.402 e. The summed E-state index contributed by atoms with van der Waals surface area (Å²) in [6.45, 7) is -1.70. The molecule has 0 fully saturated rings. The van der Waals surface area contributed by atoms with Gasteiger partial charge >= 0.3 is 6.18 Å². The zero-order valence-electron chi connectivity index (χ0n) is 13.6. The summed E-state index contributed by atoms with van der Waals surface area (Å²) in [5.74, 6) is 0. The van der Waals surface area contributed by atoms with E-state index < -0.39 is 37.7 Å². The Morgan fingerprint density at radius 3 is 2.04 bits per heavy atom. The lowest BCUT2D eigenvalue weighted by Crippen LogP contribution is -2.33. The number of anilines is 1. The molecule has 0 aliphatic heterocycles. The molecule has 0 saturated carbocycles. The van der Waals surface area contributed by atoms with Crippen LogP contribution in [0.3, 0.4) is 0 Å². The topological polar surface area (TPSA) is 92.3 Å². The first kappa shape index (κ1) is 20.9. The van der Waals surface area contributed by atoms with Gasteiger partial charge in [0.1, 0.15) is 6.54 Å². The summed E-state index contributed by atoms with van der Waals surface area (Å²) in [6, 6.07) is 12.9. The zero-order chi connectivity index (χ0) is 20.1. The molecule has 0 aliphatic rings. The van der Waals surface area contributed by atoms with Gasteiger partial charge in [0.05, 0.1) is 10.3 Å². The van der Waals surface area contributed by atoms with Crippen LogP contribution in [0.5, 0.6) is 0 Å². The zero-order valence-corrected chi connectivity index (χ0v) is 15.3. The van der Waals surface area contributed by atoms with E-state index in [9.17, 15) is 30.0 Å². The van der Waals surface area contributed by atoms with Crippen LogP contribution in [0.15, 0.2) is 64.9 Å². The molecule has 0 heterocycles. The van der Waals surface area contributed by atoms with Gasteiger partial charge in [-0.3, -0.25) is 4.72 Å². The number of halogens is 3. The van der Waals surface area contributed by atoms with Crippen LogP contribution < -0.4 is 9.44 Å². The molecule has 27 heavy (non-hydrogen) atoms. The molecule has 0 spiro atoms. The van der Waals surface area contributed by atoms with E-state index in [0.29, 0.717) is 5.56 Å². The van der Waals surface area contributed by atoms with Crippen LogP contribution in [-0.4, -0.2) is 29.6 Å². The van der Waals surface area contributed by atoms with Gasteiger partial charge in [0.25, 0.3) is 10.0 Å². The van der Waals surface area contributed by atoms with Crippen molar-refractivity contribution in [3.05, 3.63) is 65.6 Å². The smallest absolute Gasteiger partial charge is 0.280 e. The molecule has 0 bridgehead atoms. The second-order valence-electron chi connectivity index (χ2n) is 5.32. The van der Waals surface area contributed by atoms with Gasteiger partial charge in [0.2, 0.25) is 10.0 Å². The molecule has 0 saturated heterocycles. The van der Waals surface area contributed by atoms with E-state index in [0.717, 1.165) is 29.7 Å². The van der Waals surface area contributed by atoms with Crippen molar-refractivity contribution in [2.45, 2.75) is 11.1 Å². The summed E-state index contributed by atoms with van der Waals surface area (Å²) < 4.78 is 87.6. The fourth-order valence-corrected chi connectivity index (χ4v) is 3.78. The third-order valence-electron chi connectivity index (χ3n) is 3.13. The monoisotopic (exact) mass is 420 g/mol. The maximum atomic E-state index is 12.1. The van der Waals surface area contributed by atoms with Gasteiger partial charge in [0.15, 0.2) is 0 Å². The summed E-state index contributed by atoms with van der Waals surface area (Å²) in [4.78, 5) is -0.422. The number of sulfonamides is 2. The van der Waals surface area contributed by atoms with Gasteiger partial charge in [-0.2, -0.15) is 13.2 Å². The highest BCUT2D eigenvalue weighted by Gasteiger charge is 2.30. The molecule has 2 N–H and O–H groups in total. The van der Waals surface area contributed by atoms with Gasteiger partial charge in [-0.05, 0) is 35.9 Å². The van der Waals surface area contributed by atoms with Gasteiger partial charge < -0.3 is 0 Å². The number of rotatable bonds is 7. The SMILES string of the molecule is O=S(=O)(C=Cc1ccccc1)Nc1ccc(S(=O)(=O)NCC(F)(F)F)cc1. The normalized spacial score (nSPS) is 13.0. The Morgan fingerprint density at radius 1 is 0.889 bits per heavy atom. The number of hydrogen-bond donors (Lipinski definition) is 2. The molecular weight excluding hydrogens is 405 g/mol. The molecule has 0 aliphatic carbocycles. The highest BCUT2D eigenvalue weighted by molar-refractivity contribution is 7.95. The molecule has 2 rings (SSSR count). The molecule has 6 nitrogen and oxygen atoms in total. The van der Waals surface area contributed by atoms with E-state index in [1.807, 2.05) is 0 Å². The van der Waals surface area contributed by atoms with Crippen molar-refractivity contribution in [3.63, 3.8) is 0 Å². The highest BCUT2D eigenvalue weighted by atomic mass is 32.2. The minimum absolute atomic E-state index is 0.0579. The molecular formula is C16H15F3N2O4S2. The Hall–Kier alpha value is -2.37. The van der Waals surface area contributed by atoms with E-state index >= 15 is 0 Å². The van der Waals surface area contributed by atoms with E-state index in [-0.39, 0.29) is 5.69 Å². The van der Waals surface area contributed by atoms with Crippen LogP contribution in [0.1, 0.15) is 5.56 Å². The maximum Gasteiger partial charge on any atom is 0.402 e. The third-order valence-corrected chi connectivity index (χ3v) is 5.56. The quantitative estimate of drug-likeness (QED) is 0.720. The molecule has 2 aromatic rings. The van der Waals surface area contributed by atoms with Crippen LogP contribution >= 0.6 is 0 Å². The Labute approximate surface area is 154 Å². The Kier molecular flexibility index (Phi) is 6.29. The van der Waals surface area contributed by atoms with Crippen LogP contribution in [0, 0.1) is 0 Å². The molecule has 0 atom stereocenters. The van der Waals surface area contributed by atoms with Crippen molar-refractivity contribution in [1.82, 2.24) is 4.72 Å². The van der Waals surface area contributed by atoms with Gasteiger partial charge in [-0.1, -0.05) is 30.3 Å². The number of alkyl halides is 3. The van der Waals surface area contributed by atoms with Crippen molar-refractivity contribution in [1.29, 1.82) is 0 Å². The third kappa shape index (κ3) is 7.04. The standard InChI is InChI=1S/C16H15F3N2O4S2/c17-16(18,19)12-20-27(24,25)15-8-6-14(7-9-15)21-26(22,23)11-10-13-4-2-1-3-5-13/h1-11,20-21H,12H2. The Bertz CT molecular complexity index is 1000. The predicted octanol–water partition coefficient (Wildman–Crippen LogP) is 2.94. The molecule has 146 valence electrons. The van der Waals surface area contributed by atoms with E-state index in [4.69, 9.17) is 0 Å². The maximum absolute atomic E-state index is 12.1. The first-order chi connectivity index (χ1) is 12.5. The summed E-state index contributed by atoms with van der Waals surface area (Å²) in [5.41, 5.74) is 0.725. The molecule has 11 heteroatoms. The summed E-state index contributed by atoms with van der Waals surface area (Å²) in [6.07, 6.45) is -3.31. The Balaban J connectivity index is 2.07. The Morgan fingerprint density at radius 2 is 1.48 bits per heavy atom. The minimum Gasteiger partial charge on any atom is -0.280 e. The molecule has 0 radical (unpaired) electrons. The van der Waals surface area contributed by atoms with E-state index in [1.54, 1.807) is 30.3 Å². The van der Waals surface area contributed by atoms with E-state index in [2.05, 4.69) is 4.72 Å². The van der Waals surface area contributed by atoms with Gasteiger partial charge in [-0.25, -0.2) is 21.6 Å². The number of nitrogens with one attached hydrogen (secondary N) is 2. The second-order valence-corrected chi connectivity index (χ2v) is 8.66. The molecule has 0 amide bonds. The van der Waals surface area contributed by atoms with Gasteiger partial charge in [0, 0.05) is 5.69 Å². The molecule has 0 unspecified atom stereocenters. The van der Waals surface area contributed by atoms with Crippen LogP contribution in [-0.2, 0) is 20.0 Å². The lowest BCUT2D eigenvalue weighted by Gasteiger charge is -2.10. The van der Waals surface area contributed by atoms with E-state index in [1.165, 1.54) is 10.8 Å². The number of benzene rings is 2. The summed E-state index contributed by atoms with van der Waals surface area (Å²) >= 11 is 0. The van der Waals surface area contributed by atoms with Gasteiger partial charge in [-0.15, -0.1) is 0 Å². The van der Waals surface area contributed by atoms with Crippen molar-refractivity contribution < 1.29 is 30.0 Å². The lowest BCUT2D eigenvalue weighted by atomic mass is 10.2. The first-order valence-corrected chi connectivity index (χ1v) is 10.4. The van der Waals surface area contributed by atoms with Crippen molar-refractivity contribution in [2.24, 2.45) is 0 Å². The van der Waals surface area contributed by atoms with Crippen LogP contribution in [0.25, 0.3) is 6.08 Å². The lowest BCUT2D eigenvalue weighted by molar-refractivity contribution is -0.121. The number of hydrogen-bond acceptors (Lipinski definition) is 4. The van der Waals surface area contributed by atoms with Crippen molar-refractivity contribution in [3.8, 4) is 0 Å². The molecule has 0 aromatic heterocycles. The fourth-order valence-electron chi connectivity index (χ4n) is 1.89. The predicted molar refractivity (Wildman–Crippen MR) is 95.7 cm³/mol. The minimum atomic E-state index is -4.69. The first-order valence-electron chi connectivity index (χ1n) is 7.39. The average Bonchev–Trinajstić information content (AvgIpc) is 2.59. The summed E-state index contributed by atoms with van der Waals surface area (Å²) in [5, 5.41) is 0.942. The van der Waals surface area contributed by atoms with Crippen LogP contribution in [0.4, 0.5) is 18.9 Å². The average molecular weight is 420 g/mol.